The smallest absolute Gasteiger partial charge is 0.351 e. The molecule has 0 saturated carbocycles. The zero-order valence-corrected chi connectivity index (χ0v) is 23.2. The number of carbonyl (C=O) groups excluding carboxylic acids is 2. The summed E-state index contributed by atoms with van der Waals surface area (Å²) in [5.41, 5.74) is -4.84. The third-order valence-electron chi connectivity index (χ3n) is 5.55. The first-order valence-electron chi connectivity index (χ1n) is 11.3. The summed E-state index contributed by atoms with van der Waals surface area (Å²) in [5.74, 6) is -4.77. The standard InChI is InChI=1S/C25H20Cl3F9N2O2/c1-22(2,21(41)39-11-23(29,30)31)10-38-20(40)14-5-3-12(7-16(14)25(35,36)37)4-6-15(24(32,33)34)13-8-17(26)19(28)18(27)9-13/h3-9,15H,10-11H2,1-2H3,(H,38,40)(H,39,41)/b6-4+. The van der Waals surface area contributed by atoms with Crippen LogP contribution in [0.5, 0.6) is 0 Å². The Hall–Kier alpha value is -2.64. The van der Waals surface area contributed by atoms with Gasteiger partial charge in [0.05, 0.1) is 37.5 Å². The quantitative estimate of drug-likeness (QED) is 0.221. The van der Waals surface area contributed by atoms with Gasteiger partial charge in [-0.1, -0.05) is 53.0 Å². The predicted molar refractivity (Wildman–Crippen MR) is 136 cm³/mol. The van der Waals surface area contributed by atoms with Crippen LogP contribution in [0.1, 0.15) is 46.8 Å². The average molecular weight is 658 g/mol. The number of alkyl halides is 9. The van der Waals surface area contributed by atoms with Crippen molar-refractivity contribution in [2.45, 2.75) is 38.3 Å². The number of carbonyl (C=O) groups is 2. The zero-order chi connectivity index (χ0) is 31.6. The van der Waals surface area contributed by atoms with Crippen molar-refractivity contribution in [1.29, 1.82) is 0 Å². The van der Waals surface area contributed by atoms with E-state index in [0.717, 1.165) is 38.1 Å². The van der Waals surface area contributed by atoms with E-state index in [4.69, 9.17) is 34.8 Å². The topological polar surface area (TPSA) is 58.2 Å². The maximum absolute atomic E-state index is 13.8. The number of halogens is 12. The molecule has 1 atom stereocenters. The summed E-state index contributed by atoms with van der Waals surface area (Å²) in [6.07, 6.45) is -13.4. The van der Waals surface area contributed by atoms with Crippen molar-refractivity contribution in [3.8, 4) is 0 Å². The molecular formula is C25H20Cl3F9N2O2. The van der Waals surface area contributed by atoms with Gasteiger partial charge >= 0.3 is 18.5 Å². The molecule has 0 aliphatic carbocycles. The van der Waals surface area contributed by atoms with Gasteiger partial charge in [0.15, 0.2) is 0 Å². The fraction of sp³-hybridized carbons (Fsp3) is 0.360. The SMILES string of the molecule is CC(C)(CNC(=O)c1ccc(/C=C/C(c2cc(Cl)c(Cl)c(Cl)c2)C(F)(F)F)cc1C(F)(F)F)C(=O)NCC(F)(F)F. The molecule has 2 aromatic rings. The molecule has 0 radical (unpaired) electrons. The van der Waals surface area contributed by atoms with E-state index in [2.05, 4.69) is 5.32 Å². The van der Waals surface area contributed by atoms with Crippen LogP contribution in [-0.2, 0) is 11.0 Å². The van der Waals surface area contributed by atoms with Crippen LogP contribution in [0.3, 0.4) is 0 Å². The largest absolute Gasteiger partial charge is 0.417 e. The van der Waals surface area contributed by atoms with Gasteiger partial charge in [-0.05, 0) is 49.2 Å². The van der Waals surface area contributed by atoms with Gasteiger partial charge in [-0.15, -0.1) is 0 Å². The first-order chi connectivity index (χ1) is 18.5. The summed E-state index contributed by atoms with van der Waals surface area (Å²) in [5, 5.41) is 2.97. The molecule has 0 aliphatic rings. The van der Waals surface area contributed by atoms with Gasteiger partial charge in [0, 0.05) is 6.54 Å². The van der Waals surface area contributed by atoms with Gasteiger partial charge < -0.3 is 10.6 Å². The minimum absolute atomic E-state index is 0.184. The third kappa shape index (κ3) is 9.71. The Labute approximate surface area is 242 Å². The van der Waals surface area contributed by atoms with Crippen LogP contribution in [0, 0.1) is 5.41 Å². The Morgan fingerprint density at radius 3 is 1.90 bits per heavy atom. The molecule has 0 heterocycles. The second kappa shape index (κ2) is 12.7. The van der Waals surface area contributed by atoms with Crippen LogP contribution in [0.2, 0.25) is 15.1 Å². The summed E-state index contributed by atoms with van der Waals surface area (Å²) in [6.45, 7) is 0.0446. The highest BCUT2D eigenvalue weighted by Gasteiger charge is 2.40. The Kier molecular flexibility index (Phi) is 10.7. The van der Waals surface area contributed by atoms with Gasteiger partial charge in [-0.2, -0.15) is 39.5 Å². The molecule has 0 aromatic heterocycles. The van der Waals surface area contributed by atoms with Crippen molar-refractivity contribution < 1.29 is 49.1 Å². The van der Waals surface area contributed by atoms with E-state index in [1.165, 1.54) is 0 Å². The number of rotatable bonds is 8. The van der Waals surface area contributed by atoms with E-state index in [-0.39, 0.29) is 20.6 Å². The van der Waals surface area contributed by atoms with E-state index in [1.807, 2.05) is 0 Å². The molecule has 0 aliphatic heterocycles. The molecule has 2 N–H and O–H groups in total. The van der Waals surface area contributed by atoms with Crippen molar-refractivity contribution in [3.63, 3.8) is 0 Å². The lowest BCUT2D eigenvalue weighted by Gasteiger charge is -2.24. The molecule has 1 unspecified atom stereocenters. The summed E-state index contributed by atoms with van der Waals surface area (Å²) in [7, 11) is 0. The van der Waals surface area contributed by atoms with Crippen LogP contribution < -0.4 is 10.6 Å². The second-order valence-corrected chi connectivity index (χ2v) is 10.5. The molecule has 0 spiro atoms. The number of allylic oxidation sites excluding steroid dienone is 1. The number of benzene rings is 2. The molecule has 0 bridgehead atoms. The first-order valence-corrected chi connectivity index (χ1v) is 12.4. The summed E-state index contributed by atoms with van der Waals surface area (Å²) >= 11 is 17.4. The summed E-state index contributed by atoms with van der Waals surface area (Å²) in [6, 6.07) is 3.95. The monoisotopic (exact) mass is 656 g/mol. The van der Waals surface area contributed by atoms with Crippen molar-refractivity contribution in [3.05, 3.63) is 73.7 Å². The second-order valence-electron chi connectivity index (χ2n) is 9.34. The van der Waals surface area contributed by atoms with Gasteiger partial charge in [0.25, 0.3) is 5.91 Å². The molecule has 0 fully saturated rings. The average Bonchev–Trinajstić information content (AvgIpc) is 2.82. The van der Waals surface area contributed by atoms with Crippen molar-refractivity contribution in [2.24, 2.45) is 5.41 Å². The molecule has 226 valence electrons. The van der Waals surface area contributed by atoms with Gasteiger partial charge in [0.1, 0.15) is 6.54 Å². The molecule has 0 saturated heterocycles. The van der Waals surface area contributed by atoms with Crippen LogP contribution >= 0.6 is 34.8 Å². The van der Waals surface area contributed by atoms with Crippen LogP contribution in [0.4, 0.5) is 39.5 Å². The highest BCUT2D eigenvalue weighted by Crippen LogP contribution is 2.41. The Bertz CT molecular complexity index is 1300. The highest BCUT2D eigenvalue weighted by molar-refractivity contribution is 6.48. The lowest BCUT2D eigenvalue weighted by atomic mass is 9.91. The number of nitrogens with one attached hydrogen (secondary N) is 2. The number of amides is 2. The normalized spacial score (nSPS) is 13.8. The Morgan fingerprint density at radius 1 is 0.854 bits per heavy atom. The maximum Gasteiger partial charge on any atom is 0.417 e. The Balaban J connectivity index is 2.34. The van der Waals surface area contributed by atoms with Crippen molar-refractivity contribution in [1.82, 2.24) is 10.6 Å². The minimum atomic E-state index is -5.13. The van der Waals surface area contributed by atoms with Crippen molar-refractivity contribution >= 4 is 52.7 Å². The molecule has 2 rings (SSSR count). The maximum atomic E-state index is 13.8. The third-order valence-corrected chi connectivity index (χ3v) is 6.74. The minimum Gasteiger partial charge on any atom is -0.351 e. The summed E-state index contributed by atoms with van der Waals surface area (Å²) in [4.78, 5) is 24.6. The highest BCUT2D eigenvalue weighted by atomic mass is 35.5. The lowest BCUT2D eigenvalue weighted by molar-refractivity contribution is -0.143. The molecule has 2 amide bonds. The van der Waals surface area contributed by atoms with Crippen LogP contribution in [-0.4, -0.2) is 37.3 Å². The predicted octanol–water partition coefficient (Wildman–Crippen LogP) is 8.46. The van der Waals surface area contributed by atoms with Crippen LogP contribution in [0.15, 0.2) is 36.4 Å². The van der Waals surface area contributed by atoms with E-state index >= 15 is 0 Å². The zero-order valence-electron chi connectivity index (χ0n) is 20.9. The molecule has 4 nitrogen and oxygen atoms in total. The Morgan fingerprint density at radius 2 is 1.41 bits per heavy atom. The van der Waals surface area contributed by atoms with E-state index in [0.29, 0.717) is 18.2 Å². The van der Waals surface area contributed by atoms with E-state index < -0.39 is 71.5 Å². The first kappa shape index (κ1) is 34.6. The molecule has 2 aromatic carbocycles. The fourth-order valence-electron chi connectivity index (χ4n) is 3.37. The summed E-state index contributed by atoms with van der Waals surface area (Å²) < 4.78 is 120. The lowest BCUT2D eigenvalue weighted by Crippen LogP contribution is -2.47. The van der Waals surface area contributed by atoms with E-state index in [1.54, 1.807) is 5.32 Å². The van der Waals surface area contributed by atoms with E-state index in [9.17, 15) is 49.1 Å². The molecule has 16 heteroatoms. The molecule has 41 heavy (non-hydrogen) atoms. The number of hydrogen-bond acceptors (Lipinski definition) is 2. The van der Waals surface area contributed by atoms with Gasteiger partial charge in [0.2, 0.25) is 5.91 Å². The van der Waals surface area contributed by atoms with Gasteiger partial charge in [-0.3, -0.25) is 9.59 Å². The molecular weight excluding hydrogens is 638 g/mol. The van der Waals surface area contributed by atoms with Crippen LogP contribution in [0.25, 0.3) is 6.08 Å². The van der Waals surface area contributed by atoms with Gasteiger partial charge in [-0.25, -0.2) is 0 Å². The number of hydrogen-bond donors (Lipinski definition) is 2. The van der Waals surface area contributed by atoms with Crippen molar-refractivity contribution in [2.75, 3.05) is 13.1 Å². The fourth-order valence-corrected chi connectivity index (χ4v) is 3.98.